The van der Waals surface area contributed by atoms with E-state index in [1.54, 1.807) is 11.3 Å². The molecular weight excluding hydrogens is 234 g/mol. The molecule has 2 atom stereocenters. The van der Waals surface area contributed by atoms with Gasteiger partial charge in [0.1, 0.15) is 0 Å². The van der Waals surface area contributed by atoms with Crippen LogP contribution in [0.3, 0.4) is 0 Å². The molecule has 0 aromatic carbocycles. The molecule has 1 aromatic heterocycles. The molecule has 1 aromatic rings. The van der Waals surface area contributed by atoms with Crippen molar-refractivity contribution in [1.29, 1.82) is 0 Å². The molecule has 1 amide bonds. The number of hydrogen-bond donors (Lipinski definition) is 2. The highest BCUT2D eigenvalue weighted by molar-refractivity contribution is 7.11. The Morgan fingerprint density at radius 1 is 1.47 bits per heavy atom. The quantitative estimate of drug-likeness (QED) is 0.835. The fourth-order valence-corrected chi connectivity index (χ4v) is 2.27. The van der Waals surface area contributed by atoms with Crippen LogP contribution in [0.5, 0.6) is 0 Å². The predicted molar refractivity (Wildman–Crippen MR) is 71.1 cm³/mol. The smallest absolute Gasteiger partial charge is 0.224 e. The van der Waals surface area contributed by atoms with Crippen LogP contribution >= 0.6 is 11.3 Å². The lowest BCUT2D eigenvalue weighted by atomic mass is 10.0. The van der Waals surface area contributed by atoms with Crippen LogP contribution in [0.15, 0.2) is 0 Å². The maximum Gasteiger partial charge on any atom is 0.224 e. The summed E-state index contributed by atoms with van der Waals surface area (Å²) in [6.45, 7) is 8.39. The van der Waals surface area contributed by atoms with Crippen LogP contribution in [-0.4, -0.2) is 23.5 Å². The average Bonchev–Trinajstić information content (AvgIpc) is 2.57. The number of nitrogens with two attached hydrogens (primary N) is 1. The van der Waals surface area contributed by atoms with E-state index in [2.05, 4.69) is 17.2 Å². The number of carbonyl (C=O) groups excluding carboxylic acids is 1. The first-order valence-electron chi connectivity index (χ1n) is 5.88. The van der Waals surface area contributed by atoms with Gasteiger partial charge in [0.2, 0.25) is 5.91 Å². The molecule has 0 fully saturated rings. The number of thiazole rings is 1. The molecule has 0 radical (unpaired) electrons. The molecule has 0 spiro atoms. The summed E-state index contributed by atoms with van der Waals surface area (Å²) in [5.74, 6) is -0.125. The van der Waals surface area contributed by atoms with Gasteiger partial charge in [-0.15, -0.1) is 11.3 Å². The predicted octanol–water partition coefficient (Wildman–Crippen LogP) is 1.40. The third-order valence-electron chi connectivity index (χ3n) is 2.91. The van der Waals surface area contributed by atoms with Crippen molar-refractivity contribution >= 4 is 17.2 Å². The highest BCUT2D eigenvalue weighted by atomic mass is 32.1. The van der Waals surface area contributed by atoms with Crippen LogP contribution in [0.25, 0.3) is 0 Å². The van der Waals surface area contributed by atoms with Gasteiger partial charge in [0, 0.05) is 29.8 Å². The molecule has 0 saturated heterocycles. The summed E-state index contributed by atoms with van der Waals surface area (Å²) in [4.78, 5) is 17.3. The lowest BCUT2D eigenvalue weighted by Crippen LogP contribution is -2.39. The Balaban J connectivity index is 2.35. The Morgan fingerprint density at radius 3 is 2.59 bits per heavy atom. The molecule has 5 heteroatoms. The van der Waals surface area contributed by atoms with Crippen molar-refractivity contribution in [2.45, 2.75) is 40.2 Å². The highest BCUT2D eigenvalue weighted by Gasteiger charge is 2.16. The van der Waals surface area contributed by atoms with Crippen molar-refractivity contribution in [3.8, 4) is 0 Å². The minimum atomic E-state index is -0.144. The first-order chi connectivity index (χ1) is 7.91. The molecule has 96 valence electrons. The second kappa shape index (κ2) is 6.12. The largest absolute Gasteiger partial charge is 0.355 e. The van der Waals surface area contributed by atoms with Gasteiger partial charge in [0.15, 0.2) is 0 Å². The second-order valence-corrected chi connectivity index (χ2v) is 5.73. The van der Waals surface area contributed by atoms with Crippen molar-refractivity contribution in [3.63, 3.8) is 0 Å². The van der Waals surface area contributed by atoms with Gasteiger partial charge >= 0.3 is 0 Å². The van der Waals surface area contributed by atoms with Gasteiger partial charge in [0.05, 0.1) is 10.7 Å². The first kappa shape index (κ1) is 14.1. The van der Waals surface area contributed by atoms with E-state index in [4.69, 9.17) is 5.73 Å². The third-order valence-corrected chi connectivity index (χ3v) is 4.05. The Kier molecular flexibility index (Phi) is 5.08. The van der Waals surface area contributed by atoms with Crippen molar-refractivity contribution in [3.05, 3.63) is 15.6 Å². The SMILES string of the molecule is Cc1nc(CCNC(=O)C(C)C(C)N)sc1C. The van der Waals surface area contributed by atoms with Crippen molar-refractivity contribution in [2.24, 2.45) is 11.7 Å². The summed E-state index contributed by atoms with van der Waals surface area (Å²) in [6.07, 6.45) is 0.788. The Bertz CT molecular complexity index is 368. The summed E-state index contributed by atoms with van der Waals surface area (Å²) in [5, 5.41) is 3.97. The van der Waals surface area contributed by atoms with Gasteiger partial charge in [-0.2, -0.15) is 0 Å². The maximum atomic E-state index is 11.6. The Hall–Kier alpha value is -0.940. The van der Waals surface area contributed by atoms with E-state index in [0.29, 0.717) is 6.54 Å². The van der Waals surface area contributed by atoms with Crippen LogP contribution < -0.4 is 11.1 Å². The van der Waals surface area contributed by atoms with E-state index in [0.717, 1.165) is 17.1 Å². The normalized spacial score (nSPS) is 14.4. The monoisotopic (exact) mass is 255 g/mol. The molecule has 0 bridgehead atoms. The maximum absolute atomic E-state index is 11.6. The van der Waals surface area contributed by atoms with E-state index in [-0.39, 0.29) is 17.9 Å². The number of nitrogens with one attached hydrogen (secondary N) is 1. The number of nitrogens with zero attached hydrogens (tertiary/aromatic N) is 1. The summed E-state index contributed by atoms with van der Waals surface area (Å²) >= 11 is 1.69. The minimum absolute atomic E-state index is 0.0185. The fraction of sp³-hybridized carbons (Fsp3) is 0.667. The minimum Gasteiger partial charge on any atom is -0.355 e. The molecule has 2 unspecified atom stereocenters. The Labute approximate surface area is 107 Å². The molecule has 0 saturated carbocycles. The van der Waals surface area contributed by atoms with Crippen LogP contribution in [0.2, 0.25) is 0 Å². The molecule has 0 aliphatic rings. The summed E-state index contributed by atoms with van der Waals surface area (Å²) < 4.78 is 0. The molecular formula is C12H21N3OS. The van der Waals surface area contributed by atoms with Gasteiger partial charge in [-0.25, -0.2) is 4.98 Å². The zero-order valence-electron chi connectivity index (χ0n) is 10.9. The van der Waals surface area contributed by atoms with Gasteiger partial charge in [-0.3, -0.25) is 4.79 Å². The van der Waals surface area contributed by atoms with E-state index in [1.165, 1.54) is 4.88 Å². The van der Waals surface area contributed by atoms with Gasteiger partial charge < -0.3 is 11.1 Å². The molecule has 0 aliphatic carbocycles. The van der Waals surface area contributed by atoms with E-state index in [1.807, 2.05) is 20.8 Å². The van der Waals surface area contributed by atoms with E-state index >= 15 is 0 Å². The molecule has 0 aliphatic heterocycles. The average molecular weight is 255 g/mol. The lowest BCUT2D eigenvalue weighted by Gasteiger charge is -2.14. The van der Waals surface area contributed by atoms with E-state index < -0.39 is 0 Å². The molecule has 1 rings (SSSR count). The summed E-state index contributed by atoms with van der Waals surface area (Å²) in [7, 11) is 0. The van der Waals surface area contributed by atoms with Gasteiger partial charge in [0.25, 0.3) is 0 Å². The number of aromatic nitrogens is 1. The molecule has 17 heavy (non-hydrogen) atoms. The number of rotatable bonds is 5. The van der Waals surface area contributed by atoms with Crippen molar-refractivity contribution < 1.29 is 4.79 Å². The zero-order chi connectivity index (χ0) is 13.0. The third kappa shape index (κ3) is 4.09. The first-order valence-corrected chi connectivity index (χ1v) is 6.69. The Morgan fingerprint density at radius 2 is 2.12 bits per heavy atom. The number of aryl methyl sites for hydroxylation is 2. The van der Waals surface area contributed by atoms with Crippen LogP contribution in [0, 0.1) is 19.8 Å². The zero-order valence-corrected chi connectivity index (χ0v) is 11.7. The molecule has 4 nitrogen and oxygen atoms in total. The summed E-state index contributed by atoms with van der Waals surface area (Å²) in [5.41, 5.74) is 6.76. The van der Waals surface area contributed by atoms with Gasteiger partial charge in [-0.05, 0) is 20.8 Å². The van der Waals surface area contributed by atoms with Gasteiger partial charge in [-0.1, -0.05) is 6.92 Å². The lowest BCUT2D eigenvalue weighted by molar-refractivity contribution is -0.124. The molecule has 1 heterocycles. The highest BCUT2D eigenvalue weighted by Crippen LogP contribution is 2.16. The van der Waals surface area contributed by atoms with Crippen molar-refractivity contribution in [1.82, 2.24) is 10.3 Å². The van der Waals surface area contributed by atoms with Crippen LogP contribution in [0.4, 0.5) is 0 Å². The standard InChI is InChI=1S/C12H21N3OS/c1-7(8(2)13)12(16)14-6-5-11-15-9(3)10(4)17-11/h7-8H,5-6,13H2,1-4H3,(H,14,16). The number of hydrogen-bond acceptors (Lipinski definition) is 4. The van der Waals surface area contributed by atoms with E-state index in [9.17, 15) is 4.79 Å². The van der Waals surface area contributed by atoms with Crippen molar-refractivity contribution in [2.75, 3.05) is 6.54 Å². The fourth-order valence-electron chi connectivity index (χ4n) is 1.34. The number of carbonyl (C=O) groups is 1. The van der Waals surface area contributed by atoms with Crippen LogP contribution in [-0.2, 0) is 11.2 Å². The topological polar surface area (TPSA) is 68.0 Å². The number of amides is 1. The molecule has 3 N–H and O–H groups in total. The van der Waals surface area contributed by atoms with Crippen LogP contribution in [0.1, 0.15) is 29.4 Å². The second-order valence-electron chi connectivity index (χ2n) is 4.44. The summed E-state index contributed by atoms with van der Waals surface area (Å²) in [6, 6.07) is -0.112.